The van der Waals surface area contributed by atoms with Crippen LogP contribution < -0.4 is 4.74 Å². The highest BCUT2D eigenvalue weighted by atomic mass is 16.5. The number of phenols is 1. The van der Waals surface area contributed by atoms with Gasteiger partial charge in [-0.1, -0.05) is 25.1 Å². The second kappa shape index (κ2) is 5.08. The number of hydrogen-bond donors (Lipinski definition) is 1. The summed E-state index contributed by atoms with van der Waals surface area (Å²) in [5.74, 6) is 1.59. The summed E-state index contributed by atoms with van der Waals surface area (Å²) < 4.78 is 10.2. The number of methoxy groups -OCH3 is 1. The Balaban J connectivity index is 2.40. The van der Waals surface area contributed by atoms with Gasteiger partial charge >= 0.3 is 0 Å². The lowest BCUT2D eigenvalue weighted by atomic mass is 10.1. The zero-order valence-corrected chi connectivity index (χ0v) is 10.7. The number of rotatable bonds is 4. The van der Waals surface area contributed by atoms with Gasteiger partial charge in [-0.15, -0.1) is 0 Å². The Labute approximate surface area is 105 Å². The topological polar surface area (TPSA) is 68.4 Å². The van der Waals surface area contributed by atoms with Gasteiger partial charge in [-0.2, -0.15) is 4.98 Å². The molecule has 0 amide bonds. The van der Waals surface area contributed by atoms with Crippen LogP contribution in [0.5, 0.6) is 11.5 Å². The SMILES string of the molecule is CCC(C)c1noc(-c2cccc(OC)c2O)n1. The first-order chi connectivity index (χ1) is 8.67. The number of ether oxygens (including phenoxy) is 1. The van der Waals surface area contributed by atoms with Crippen LogP contribution in [0.1, 0.15) is 32.0 Å². The lowest BCUT2D eigenvalue weighted by Crippen LogP contribution is -1.93. The molecule has 5 heteroatoms. The molecule has 0 saturated carbocycles. The fourth-order valence-electron chi connectivity index (χ4n) is 1.59. The number of nitrogens with zero attached hydrogens (tertiary/aromatic N) is 2. The second-order valence-corrected chi connectivity index (χ2v) is 4.12. The quantitative estimate of drug-likeness (QED) is 0.900. The third-order valence-electron chi connectivity index (χ3n) is 2.94. The van der Waals surface area contributed by atoms with Crippen molar-refractivity contribution in [3.05, 3.63) is 24.0 Å². The summed E-state index contributed by atoms with van der Waals surface area (Å²) in [5.41, 5.74) is 0.483. The van der Waals surface area contributed by atoms with Gasteiger partial charge in [0.05, 0.1) is 12.7 Å². The van der Waals surface area contributed by atoms with Gasteiger partial charge in [-0.3, -0.25) is 0 Å². The molecule has 1 unspecified atom stereocenters. The number of aromatic nitrogens is 2. The zero-order valence-electron chi connectivity index (χ0n) is 10.7. The molecule has 1 heterocycles. The van der Waals surface area contributed by atoms with Crippen LogP contribution in [0.2, 0.25) is 0 Å². The second-order valence-electron chi connectivity index (χ2n) is 4.12. The summed E-state index contributed by atoms with van der Waals surface area (Å²) in [7, 11) is 1.50. The summed E-state index contributed by atoms with van der Waals surface area (Å²) in [6.07, 6.45) is 0.934. The monoisotopic (exact) mass is 248 g/mol. The molecule has 2 rings (SSSR count). The molecule has 1 N–H and O–H groups in total. The van der Waals surface area contributed by atoms with E-state index in [1.54, 1.807) is 18.2 Å². The van der Waals surface area contributed by atoms with Crippen LogP contribution in [0.4, 0.5) is 0 Å². The molecular formula is C13H16N2O3. The van der Waals surface area contributed by atoms with Gasteiger partial charge in [0, 0.05) is 5.92 Å². The molecule has 1 atom stereocenters. The lowest BCUT2D eigenvalue weighted by Gasteiger charge is -2.05. The predicted octanol–water partition coefficient (Wildman–Crippen LogP) is 2.96. The Morgan fingerprint density at radius 3 is 2.89 bits per heavy atom. The molecule has 1 aromatic heterocycles. The Hall–Kier alpha value is -2.04. The standard InChI is InChI=1S/C13H16N2O3/c1-4-8(2)12-14-13(18-15-12)9-6-5-7-10(17-3)11(9)16/h5-8,16H,4H2,1-3H3. The molecule has 2 aromatic rings. The maximum Gasteiger partial charge on any atom is 0.261 e. The molecule has 0 fully saturated rings. The smallest absolute Gasteiger partial charge is 0.261 e. The Bertz CT molecular complexity index is 537. The third kappa shape index (κ3) is 2.16. The molecule has 0 aliphatic heterocycles. The fourth-order valence-corrected chi connectivity index (χ4v) is 1.59. The van der Waals surface area contributed by atoms with Crippen LogP contribution in [-0.4, -0.2) is 22.4 Å². The molecule has 18 heavy (non-hydrogen) atoms. The highest BCUT2D eigenvalue weighted by Gasteiger charge is 2.17. The van der Waals surface area contributed by atoms with E-state index in [2.05, 4.69) is 17.1 Å². The lowest BCUT2D eigenvalue weighted by molar-refractivity contribution is 0.371. The summed E-state index contributed by atoms with van der Waals surface area (Å²) >= 11 is 0. The fraction of sp³-hybridized carbons (Fsp3) is 0.385. The molecule has 0 aliphatic rings. The molecule has 1 aromatic carbocycles. The van der Waals surface area contributed by atoms with Crippen LogP contribution >= 0.6 is 0 Å². The van der Waals surface area contributed by atoms with Gasteiger partial charge in [0.1, 0.15) is 0 Å². The Morgan fingerprint density at radius 2 is 2.22 bits per heavy atom. The van der Waals surface area contributed by atoms with E-state index in [4.69, 9.17) is 9.26 Å². The highest BCUT2D eigenvalue weighted by Crippen LogP contribution is 2.36. The van der Waals surface area contributed by atoms with Gasteiger partial charge in [-0.05, 0) is 18.6 Å². The van der Waals surface area contributed by atoms with Crippen molar-refractivity contribution in [1.82, 2.24) is 10.1 Å². The minimum atomic E-state index is 0.0133. The predicted molar refractivity (Wildman–Crippen MR) is 66.7 cm³/mol. The van der Waals surface area contributed by atoms with Crippen LogP contribution in [-0.2, 0) is 0 Å². The van der Waals surface area contributed by atoms with Gasteiger partial charge in [0.15, 0.2) is 17.3 Å². The molecule has 0 spiro atoms. The molecule has 0 radical (unpaired) electrons. The summed E-state index contributed by atoms with van der Waals surface area (Å²) in [6.45, 7) is 4.09. The van der Waals surface area contributed by atoms with Crippen molar-refractivity contribution in [2.45, 2.75) is 26.2 Å². The van der Waals surface area contributed by atoms with E-state index in [1.807, 2.05) is 6.92 Å². The zero-order chi connectivity index (χ0) is 13.1. The summed E-state index contributed by atoms with van der Waals surface area (Å²) in [5, 5.41) is 13.9. The van der Waals surface area contributed by atoms with Crippen LogP contribution in [0.25, 0.3) is 11.5 Å². The van der Waals surface area contributed by atoms with Crippen molar-refractivity contribution in [3.8, 4) is 23.0 Å². The Morgan fingerprint density at radius 1 is 1.44 bits per heavy atom. The van der Waals surface area contributed by atoms with Crippen molar-refractivity contribution in [2.75, 3.05) is 7.11 Å². The maximum absolute atomic E-state index is 9.99. The molecule has 0 aliphatic carbocycles. The Kier molecular flexibility index (Phi) is 3.50. The normalized spacial score (nSPS) is 12.4. The summed E-state index contributed by atoms with van der Waals surface area (Å²) in [6, 6.07) is 5.15. The highest BCUT2D eigenvalue weighted by molar-refractivity contribution is 5.66. The average molecular weight is 248 g/mol. The number of benzene rings is 1. The third-order valence-corrected chi connectivity index (χ3v) is 2.94. The van der Waals surface area contributed by atoms with Crippen molar-refractivity contribution < 1.29 is 14.4 Å². The molecule has 0 saturated heterocycles. The first-order valence-electron chi connectivity index (χ1n) is 5.87. The van der Waals surface area contributed by atoms with Crippen molar-refractivity contribution >= 4 is 0 Å². The van der Waals surface area contributed by atoms with E-state index in [-0.39, 0.29) is 11.7 Å². The van der Waals surface area contributed by atoms with E-state index in [0.717, 1.165) is 6.42 Å². The summed E-state index contributed by atoms with van der Waals surface area (Å²) in [4.78, 5) is 4.29. The molecular weight excluding hydrogens is 232 g/mol. The van der Waals surface area contributed by atoms with Gasteiger partial charge in [-0.25, -0.2) is 0 Å². The number of phenolic OH excluding ortho intramolecular Hbond substituents is 1. The van der Waals surface area contributed by atoms with E-state index < -0.39 is 0 Å². The minimum absolute atomic E-state index is 0.0133. The first kappa shape index (κ1) is 12.4. The average Bonchev–Trinajstić information content (AvgIpc) is 2.87. The molecule has 96 valence electrons. The van der Waals surface area contributed by atoms with E-state index in [9.17, 15) is 5.11 Å². The van der Waals surface area contributed by atoms with Crippen LogP contribution in [0.15, 0.2) is 22.7 Å². The first-order valence-corrected chi connectivity index (χ1v) is 5.87. The molecule has 5 nitrogen and oxygen atoms in total. The van der Waals surface area contributed by atoms with E-state index in [1.165, 1.54) is 7.11 Å². The van der Waals surface area contributed by atoms with E-state index in [0.29, 0.717) is 23.0 Å². The van der Waals surface area contributed by atoms with Crippen LogP contribution in [0.3, 0.4) is 0 Å². The largest absolute Gasteiger partial charge is 0.504 e. The maximum atomic E-state index is 9.99. The number of aromatic hydroxyl groups is 1. The van der Waals surface area contributed by atoms with Gasteiger partial charge in [0.2, 0.25) is 0 Å². The van der Waals surface area contributed by atoms with Crippen LogP contribution in [0, 0.1) is 0 Å². The van der Waals surface area contributed by atoms with Crippen molar-refractivity contribution in [2.24, 2.45) is 0 Å². The van der Waals surface area contributed by atoms with E-state index >= 15 is 0 Å². The van der Waals surface area contributed by atoms with Gasteiger partial charge in [0.25, 0.3) is 5.89 Å². The minimum Gasteiger partial charge on any atom is -0.504 e. The van der Waals surface area contributed by atoms with Gasteiger partial charge < -0.3 is 14.4 Å². The number of para-hydroxylation sites is 1. The van der Waals surface area contributed by atoms with Crippen molar-refractivity contribution in [1.29, 1.82) is 0 Å². The van der Waals surface area contributed by atoms with Crippen molar-refractivity contribution in [3.63, 3.8) is 0 Å². The molecule has 0 bridgehead atoms. The number of hydrogen-bond acceptors (Lipinski definition) is 5.